The van der Waals surface area contributed by atoms with Gasteiger partial charge in [-0.1, -0.05) is 35.3 Å². The summed E-state index contributed by atoms with van der Waals surface area (Å²) in [6.07, 6.45) is 0.938. The van der Waals surface area contributed by atoms with E-state index >= 15 is 0 Å². The van der Waals surface area contributed by atoms with Gasteiger partial charge < -0.3 is 14.5 Å². The van der Waals surface area contributed by atoms with Crippen LogP contribution in [0.3, 0.4) is 0 Å². The summed E-state index contributed by atoms with van der Waals surface area (Å²) >= 11 is 12.1. The van der Waals surface area contributed by atoms with Crippen molar-refractivity contribution in [1.29, 1.82) is 0 Å². The zero-order valence-corrected chi connectivity index (χ0v) is 14.6. The molecule has 0 N–H and O–H groups in total. The molecule has 1 fully saturated rings. The number of aryl methyl sites for hydroxylation is 1. The summed E-state index contributed by atoms with van der Waals surface area (Å²) in [5, 5.41) is 1.01. The zero-order chi connectivity index (χ0) is 16.8. The van der Waals surface area contributed by atoms with Crippen LogP contribution in [-0.4, -0.2) is 61.5 Å². The van der Waals surface area contributed by atoms with E-state index in [1.807, 2.05) is 12.1 Å². The molecule has 1 aromatic carbocycles. The van der Waals surface area contributed by atoms with Crippen molar-refractivity contribution < 1.29 is 14.3 Å². The SMILES string of the molecule is COCC(=O)N1CCN(C(=O)CCc2cccc(Cl)c2Cl)CC1. The normalized spacial score (nSPS) is 14.9. The number of methoxy groups -OCH3 is 1. The Morgan fingerprint density at radius 2 is 1.70 bits per heavy atom. The van der Waals surface area contributed by atoms with Crippen molar-refractivity contribution in [2.75, 3.05) is 39.9 Å². The Hall–Kier alpha value is -1.30. The molecule has 0 spiro atoms. The van der Waals surface area contributed by atoms with E-state index in [1.54, 1.807) is 15.9 Å². The second kappa shape index (κ2) is 8.52. The van der Waals surface area contributed by atoms with Crippen LogP contribution in [0.25, 0.3) is 0 Å². The number of ether oxygens (including phenoxy) is 1. The Labute approximate surface area is 146 Å². The molecule has 7 heteroatoms. The van der Waals surface area contributed by atoms with Gasteiger partial charge in [0.05, 0.1) is 10.0 Å². The minimum Gasteiger partial charge on any atom is -0.375 e. The van der Waals surface area contributed by atoms with E-state index in [2.05, 4.69) is 0 Å². The highest BCUT2D eigenvalue weighted by molar-refractivity contribution is 6.42. The number of carbonyl (C=O) groups is 2. The largest absolute Gasteiger partial charge is 0.375 e. The van der Waals surface area contributed by atoms with Crippen LogP contribution in [0.1, 0.15) is 12.0 Å². The highest BCUT2D eigenvalue weighted by atomic mass is 35.5. The Bertz CT molecular complexity index is 572. The molecule has 126 valence electrons. The summed E-state index contributed by atoms with van der Waals surface area (Å²) in [5.74, 6) is 0.0326. The third-order valence-corrected chi connectivity index (χ3v) is 4.75. The summed E-state index contributed by atoms with van der Waals surface area (Å²) in [7, 11) is 1.50. The molecule has 2 amide bonds. The smallest absolute Gasteiger partial charge is 0.248 e. The lowest BCUT2D eigenvalue weighted by atomic mass is 10.1. The number of nitrogens with zero attached hydrogens (tertiary/aromatic N) is 2. The number of carbonyl (C=O) groups excluding carboxylic acids is 2. The number of piperazine rings is 1. The lowest BCUT2D eigenvalue weighted by Gasteiger charge is -2.34. The number of amides is 2. The third kappa shape index (κ3) is 4.83. The minimum atomic E-state index is -0.0368. The molecular formula is C16H20Cl2N2O3. The molecule has 23 heavy (non-hydrogen) atoms. The van der Waals surface area contributed by atoms with Crippen LogP contribution in [0.5, 0.6) is 0 Å². The van der Waals surface area contributed by atoms with Crippen LogP contribution in [0.2, 0.25) is 10.0 Å². The highest BCUT2D eigenvalue weighted by Crippen LogP contribution is 2.26. The maximum Gasteiger partial charge on any atom is 0.248 e. The van der Waals surface area contributed by atoms with E-state index in [-0.39, 0.29) is 18.4 Å². The zero-order valence-electron chi connectivity index (χ0n) is 13.1. The Kier molecular flexibility index (Phi) is 6.69. The average Bonchev–Trinajstić information content (AvgIpc) is 2.56. The van der Waals surface area contributed by atoms with Crippen molar-refractivity contribution in [3.63, 3.8) is 0 Å². The van der Waals surface area contributed by atoms with Crippen molar-refractivity contribution in [1.82, 2.24) is 9.80 Å². The second-order valence-electron chi connectivity index (χ2n) is 5.41. The topological polar surface area (TPSA) is 49.9 Å². The van der Waals surface area contributed by atoms with E-state index in [4.69, 9.17) is 27.9 Å². The highest BCUT2D eigenvalue weighted by Gasteiger charge is 2.23. The molecule has 1 saturated heterocycles. The number of benzene rings is 1. The van der Waals surface area contributed by atoms with Gasteiger partial charge in [0.15, 0.2) is 0 Å². The van der Waals surface area contributed by atoms with Crippen molar-refractivity contribution in [3.05, 3.63) is 33.8 Å². The van der Waals surface area contributed by atoms with Crippen LogP contribution >= 0.6 is 23.2 Å². The van der Waals surface area contributed by atoms with Gasteiger partial charge in [-0.3, -0.25) is 9.59 Å². The number of rotatable bonds is 5. The molecule has 0 aliphatic carbocycles. The number of halogens is 2. The number of hydrogen-bond donors (Lipinski definition) is 0. The van der Waals surface area contributed by atoms with Gasteiger partial charge in [0.25, 0.3) is 0 Å². The van der Waals surface area contributed by atoms with Gasteiger partial charge in [0.2, 0.25) is 11.8 Å². The van der Waals surface area contributed by atoms with Crippen LogP contribution in [-0.2, 0) is 20.7 Å². The van der Waals surface area contributed by atoms with Gasteiger partial charge in [-0.15, -0.1) is 0 Å². The van der Waals surface area contributed by atoms with E-state index in [9.17, 15) is 9.59 Å². The Balaban J connectivity index is 1.81. The predicted molar refractivity (Wildman–Crippen MR) is 89.8 cm³/mol. The van der Waals surface area contributed by atoms with E-state index in [0.29, 0.717) is 49.1 Å². The van der Waals surface area contributed by atoms with Crippen LogP contribution in [0.15, 0.2) is 18.2 Å². The van der Waals surface area contributed by atoms with Crippen molar-refractivity contribution >= 4 is 35.0 Å². The first kappa shape index (κ1) is 18.0. The monoisotopic (exact) mass is 358 g/mol. The van der Waals surface area contributed by atoms with Crippen molar-refractivity contribution in [3.8, 4) is 0 Å². The average molecular weight is 359 g/mol. The first-order valence-electron chi connectivity index (χ1n) is 7.50. The summed E-state index contributed by atoms with van der Waals surface area (Å²) in [4.78, 5) is 27.5. The summed E-state index contributed by atoms with van der Waals surface area (Å²) < 4.78 is 4.84. The van der Waals surface area contributed by atoms with E-state index in [1.165, 1.54) is 7.11 Å². The lowest BCUT2D eigenvalue weighted by Crippen LogP contribution is -2.51. The molecule has 1 aromatic rings. The fraction of sp³-hybridized carbons (Fsp3) is 0.500. The summed E-state index contributed by atoms with van der Waals surface area (Å²) in [6.45, 7) is 2.29. The first-order chi connectivity index (χ1) is 11.0. The van der Waals surface area contributed by atoms with Gasteiger partial charge in [-0.2, -0.15) is 0 Å². The Morgan fingerprint density at radius 1 is 1.09 bits per heavy atom. The molecule has 0 unspecified atom stereocenters. The van der Waals surface area contributed by atoms with Gasteiger partial charge in [0.1, 0.15) is 6.61 Å². The van der Waals surface area contributed by atoms with Crippen LogP contribution in [0, 0.1) is 0 Å². The van der Waals surface area contributed by atoms with E-state index < -0.39 is 0 Å². The first-order valence-corrected chi connectivity index (χ1v) is 8.26. The lowest BCUT2D eigenvalue weighted by molar-refractivity contribution is -0.141. The number of hydrogen-bond acceptors (Lipinski definition) is 3. The third-order valence-electron chi connectivity index (χ3n) is 3.89. The quantitative estimate of drug-likeness (QED) is 0.810. The van der Waals surface area contributed by atoms with E-state index in [0.717, 1.165) is 5.56 Å². The molecule has 0 bridgehead atoms. The molecule has 1 heterocycles. The van der Waals surface area contributed by atoms with Gasteiger partial charge >= 0.3 is 0 Å². The standard InChI is InChI=1S/C16H20Cl2N2O3/c1-23-11-15(22)20-9-7-19(8-10-20)14(21)6-5-12-3-2-4-13(17)16(12)18/h2-4H,5-11H2,1H3. The Morgan fingerprint density at radius 3 is 2.30 bits per heavy atom. The molecule has 0 saturated carbocycles. The fourth-order valence-electron chi connectivity index (χ4n) is 2.56. The van der Waals surface area contributed by atoms with Crippen LogP contribution in [0.4, 0.5) is 0 Å². The van der Waals surface area contributed by atoms with Gasteiger partial charge in [0, 0.05) is 39.7 Å². The molecule has 1 aliphatic heterocycles. The van der Waals surface area contributed by atoms with Crippen molar-refractivity contribution in [2.24, 2.45) is 0 Å². The summed E-state index contributed by atoms with van der Waals surface area (Å²) in [6, 6.07) is 5.43. The maximum atomic E-state index is 12.3. The molecule has 5 nitrogen and oxygen atoms in total. The molecule has 1 aliphatic rings. The predicted octanol–water partition coefficient (Wildman–Crippen LogP) is 2.24. The molecule has 0 radical (unpaired) electrons. The maximum absolute atomic E-state index is 12.3. The summed E-state index contributed by atoms with van der Waals surface area (Å²) in [5.41, 5.74) is 0.876. The second-order valence-corrected chi connectivity index (χ2v) is 6.19. The minimum absolute atomic E-state index is 0.0368. The van der Waals surface area contributed by atoms with Gasteiger partial charge in [-0.05, 0) is 18.1 Å². The molecule has 0 atom stereocenters. The van der Waals surface area contributed by atoms with Crippen molar-refractivity contribution in [2.45, 2.75) is 12.8 Å². The molecular weight excluding hydrogens is 339 g/mol. The molecule has 0 aromatic heterocycles. The van der Waals surface area contributed by atoms with Gasteiger partial charge in [-0.25, -0.2) is 0 Å². The fourth-order valence-corrected chi connectivity index (χ4v) is 2.98. The van der Waals surface area contributed by atoms with Crippen LogP contribution < -0.4 is 0 Å². The molecule has 2 rings (SSSR count).